The molecule has 0 aliphatic carbocycles. The third kappa shape index (κ3) is 3.77. The van der Waals surface area contributed by atoms with Crippen LogP contribution in [-0.2, 0) is 6.54 Å². The number of hydrogen-bond donors (Lipinski definition) is 1. The van der Waals surface area contributed by atoms with Gasteiger partial charge in [-0.3, -0.25) is 4.79 Å². The van der Waals surface area contributed by atoms with E-state index in [1.165, 1.54) is 7.11 Å². The van der Waals surface area contributed by atoms with Crippen molar-refractivity contribution in [3.05, 3.63) is 60.0 Å². The molecule has 3 aromatic rings. The van der Waals surface area contributed by atoms with Gasteiger partial charge in [0.1, 0.15) is 11.5 Å². The molecule has 128 valence electrons. The third-order valence-corrected chi connectivity index (χ3v) is 3.56. The zero-order valence-electron chi connectivity index (χ0n) is 13.9. The molecule has 0 fully saturated rings. The Balaban J connectivity index is 1.66. The summed E-state index contributed by atoms with van der Waals surface area (Å²) in [5, 5.41) is 10.7. The Morgan fingerprint density at radius 2 is 1.80 bits per heavy atom. The summed E-state index contributed by atoms with van der Waals surface area (Å²) < 4.78 is 15.9. The van der Waals surface area contributed by atoms with Crippen molar-refractivity contribution in [3.8, 4) is 23.0 Å². The average molecular weight is 339 g/mol. The van der Waals surface area contributed by atoms with Crippen molar-refractivity contribution in [1.29, 1.82) is 0 Å². The molecular formula is C18H17N3O4. The van der Waals surface area contributed by atoms with Crippen LogP contribution in [0.15, 0.2) is 52.9 Å². The lowest BCUT2D eigenvalue weighted by molar-refractivity contribution is 0.0944. The predicted octanol–water partition coefficient (Wildman–Crippen LogP) is 2.68. The fourth-order valence-electron chi connectivity index (χ4n) is 2.26. The first-order chi connectivity index (χ1) is 12.2. The van der Waals surface area contributed by atoms with E-state index >= 15 is 0 Å². The molecule has 7 heteroatoms. The van der Waals surface area contributed by atoms with E-state index in [1.807, 2.05) is 24.3 Å². The van der Waals surface area contributed by atoms with Crippen molar-refractivity contribution in [1.82, 2.24) is 15.5 Å². The predicted molar refractivity (Wildman–Crippen MR) is 90.5 cm³/mol. The number of rotatable bonds is 6. The van der Waals surface area contributed by atoms with Crippen LogP contribution in [-0.4, -0.2) is 30.3 Å². The van der Waals surface area contributed by atoms with Gasteiger partial charge in [0.25, 0.3) is 5.91 Å². The minimum Gasteiger partial charge on any atom is -0.497 e. The molecule has 0 saturated heterocycles. The molecule has 1 N–H and O–H groups in total. The summed E-state index contributed by atoms with van der Waals surface area (Å²) in [5.41, 5.74) is 1.22. The number of benzene rings is 2. The summed E-state index contributed by atoms with van der Waals surface area (Å²) in [7, 11) is 3.12. The van der Waals surface area contributed by atoms with Crippen LogP contribution in [0.3, 0.4) is 0 Å². The maximum atomic E-state index is 12.3. The topological polar surface area (TPSA) is 86.5 Å². The van der Waals surface area contributed by atoms with Gasteiger partial charge in [-0.1, -0.05) is 12.1 Å². The van der Waals surface area contributed by atoms with Gasteiger partial charge in [-0.05, 0) is 36.4 Å². The zero-order valence-corrected chi connectivity index (χ0v) is 13.9. The molecule has 25 heavy (non-hydrogen) atoms. The molecule has 0 saturated carbocycles. The summed E-state index contributed by atoms with van der Waals surface area (Å²) in [6, 6.07) is 14.2. The number of aromatic nitrogens is 2. The lowest BCUT2D eigenvalue weighted by Crippen LogP contribution is -2.23. The van der Waals surface area contributed by atoms with Gasteiger partial charge in [-0.15, -0.1) is 10.2 Å². The van der Waals surface area contributed by atoms with Gasteiger partial charge in [0.2, 0.25) is 11.8 Å². The molecule has 0 spiro atoms. The number of methoxy groups -OCH3 is 2. The highest BCUT2D eigenvalue weighted by molar-refractivity contribution is 5.96. The maximum absolute atomic E-state index is 12.3. The average Bonchev–Trinajstić information content (AvgIpc) is 3.15. The lowest BCUT2D eigenvalue weighted by Gasteiger charge is -2.07. The summed E-state index contributed by atoms with van der Waals surface area (Å²) in [5.74, 6) is 1.66. The molecule has 3 rings (SSSR count). The standard InChI is InChI=1S/C18H17N3O4/c1-23-13-9-7-12(8-10-13)18-21-20-16(25-18)11-19-17(22)14-5-3-4-6-15(14)24-2/h3-10H,11H2,1-2H3,(H,19,22). The molecule has 0 aliphatic rings. The minimum atomic E-state index is -0.276. The maximum Gasteiger partial charge on any atom is 0.255 e. The fourth-order valence-corrected chi connectivity index (χ4v) is 2.26. The Morgan fingerprint density at radius 1 is 1.04 bits per heavy atom. The minimum absolute atomic E-state index is 0.125. The number of nitrogens with one attached hydrogen (secondary N) is 1. The highest BCUT2D eigenvalue weighted by Gasteiger charge is 2.13. The van der Waals surface area contributed by atoms with Crippen molar-refractivity contribution in [3.63, 3.8) is 0 Å². The number of hydrogen-bond acceptors (Lipinski definition) is 6. The van der Waals surface area contributed by atoms with Gasteiger partial charge in [-0.2, -0.15) is 0 Å². The normalized spacial score (nSPS) is 10.3. The van der Waals surface area contributed by atoms with Gasteiger partial charge in [0, 0.05) is 5.56 Å². The molecule has 0 unspecified atom stereocenters. The second-order valence-electron chi connectivity index (χ2n) is 5.11. The Morgan fingerprint density at radius 3 is 2.52 bits per heavy atom. The number of para-hydroxylation sites is 1. The first-order valence-corrected chi connectivity index (χ1v) is 7.59. The molecule has 2 aromatic carbocycles. The third-order valence-electron chi connectivity index (χ3n) is 3.56. The smallest absolute Gasteiger partial charge is 0.255 e. The van der Waals surface area contributed by atoms with E-state index in [-0.39, 0.29) is 12.5 Å². The molecule has 1 amide bonds. The van der Waals surface area contributed by atoms with Gasteiger partial charge in [0.15, 0.2) is 0 Å². The van der Waals surface area contributed by atoms with E-state index in [4.69, 9.17) is 13.9 Å². The number of nitrogens with zero attached hydrogens (tertiary/aromatic N) is 2. The van der Waals surface area contributed by atoms with Gasteiger partial charge in [-0.25, -0.2) is 0 Å². The van der Waals surface area contributed by atoms with Crippen LogP contribution < -0.4 is 14.8 Å². The molecule has 0 radical (unpaired) electrons. The van der Waals surface area contributed by atoms with E-state index in [9.17, 15) is 4.79 Å². The molecule has 7 nitrogen and oxygen atoms in total. The van der Waals surface area contributed by atoms with E-state index in [1.54, 1.807) is 31.4 Å². The Hall–Kier alpha value is -3.35. The van der Waals surface area contributed by atoms with Gasteiger partial charge >= 0.3 is 0 Å². The van der Waals surface area contributed by atoms with Gasteiger partial charge < -0.3 is 19.2 Å². The summed E-state index contributed by atoms with van der Waals surface area (Å²) in [6.45, 7) is 0.125. The lowest BCUT2D eigenvalue weighted by atomic mass is 10.2. The molecule has 0 bridgehead atoms. The van der Waals surface area contributed by atoms with Crippen LogP contribution in [0.1, 0.15) is 16.2 Å². The van der Waals surface area contributed by atoms with E-state index in [2.05, 4.69) is 15.5 Å². The van der Waals surface area contributed by atoms with Crippen molar-refractivity contribution >= 4 is 5.91 Å². The Bertz CT molecular complexity index is 859. The van der Waals surface area contributed by atoms with E-state index in [0.29, 0.717) is 23.1 Å². The van der Waals surface area contributed by atoms with Crippen LogP contribution in [0.25, 0.3) is 11.5 Å². The molecule has 0 aliphatic heterocycles. The monoisotopic (exact) mass is 339 g/mol. The van der Waals surface area contributed by atoms with Crippen LogP contribution >= 0.6 is 0 Å². The van der Waals surface area contributed by atoms with Crippen LogP contribution in [0.4, 0.5) is 0 Å². The highest BCUT2D eigenvalue weighted by Crippen LogP contribution is 2.21. The van der Waals surface area contributed by atoms with Crippen molar-refractivity contribution in [2.45, 2.75) is 6.54 Å². The van der Waals surface area contributed by atoms with Gasteiger partial charge in [0.05, 0.1) is 26.3 Å². The highest BCUT2D eigenvalue weighted by atomic mass is 16.5. The van der Waals surface area contributed by atoms with Crippen molar-refractivity contribution < 1.29 is 18.7 Å². The van der Waals surface area contributed by atoms with E-state index < -0.39 is 0 Å². The number of carbonyl (C=O) groups excluding carboxylic acids is 1. The summed E-state index contributed by atoms with van der Waals surface area (Å²) in [4.78, 5) is 12.3. The van der Waals surface area contributed by atoms with E-state index in [0.717, 1.165) is 11.3 Å². The van der Waals surface area contributed by atoms with Crippen LogP contribution in [0.5, 0.6) is 11.5 Å². The molecular weight excluding hydrogens is 322 g/mol. The largest absolute Gasteiger partial charge is 0.497 e. The van der Waals surface area contributed by atoms with Crippen molar-refractivity contribution in [2.75, 3.05) is 14.2 Å². The number of ether oxygens (including phenoxy) is 2. The molecule has 1 heterocycles. The molecule has 1 aromatic heterocycles. The zero-order chi connectivity index (χ0) is 17.6. The Kier molecular flexibility index (Phi) is 4.94. The van der Waals surface area contributed by atoms with Crippen LogP contribution in [0.2, 0.25) is 0 Å². The second kappa shape index (κ2) is 7.48. The number of amides is 1. The SMILES string of the molecule is COc1ccc(-c2nnc(CNC(=O)c3ccccc3OC)o2)cc1. The summed E-state index contributed by atoms with van der Waals surface area (Å²) >= 11 is 0. The molecule has 0 atom stereocenters. The Labute approximate surface area is 144 Å². The summed E-state index contributed by atoms with van der Waals surface area (Å²) in [6.07, 6.45) is 0. The second-order valence-corrected chi connectivity index (χ2v) is 5.11. The fraction of sp³-hybridized carbons (Fsp3) is 0.167. The number of carbonyl (C=O) groups is 1. The van der Waals surface area contributed by atoms with Crippen molar-refractivity contribution in [2.24, 2.45) is 0 Å². The first-order valence-electron chi connectivity index (χ1n) is 7.59. The quantitative estimate of drug-likeness (QED) is 0.743. The van der Waals surface area contributed by atoms with Crippen LogP contribution in [0, 0.1) is 0 Å². The first kappa shape index (κ1) is 16.5.